The number of aliphatic hydroxyl groups is 1. The molecule has 2 N–H and O–H groups in total. The standard InChI is InChI=1S/C10H21NO3S/c1-2-9(3-5-12)7-11-10-4-6-15(13,14)8-10/h9-12H,2-8H2,1H3. The van der Waals surface area contributed by atoms with E-state index >= 15 is 0 Å². The van der Waals surface area contributed by atoms with Crippen molar-refractivity contribution in [2.45, 2.75) is 32.2 Å². The summed E-state index contributed by atoms with van der Waals surface area (Å²) in [6.07, 6.45) is 2.55. The monoisotopic (exact) mass is 235 g/mol. The van der Waals surface area contributed by atoms with Gasteiger partial charge in [0.05, 0.1) is 11.5 Å². The molecule has 5 heteroatoms. The molecule has 1 fully saturated rings. The number of sulfone groups is 1. The summed E-state index contributed by atoms with van der Waals surface area (Å²) in [6, 6.07) is 0.128. The van der Waals surface area contributed by atoms with Gasteiger partial charge in [-0.3, -0.25) is 0 Å². The van der Waals surface area contributed by atoms with Gasteiger partial charge in [0, 0.05) is 12.6 Å². The van der Waals surface area contributed by atoms with E-state index in [4.69, 9.17) is 5.11 Å². The van der Waals surface area contributed by atoms with Gasteiger partial charge in [0.25, 0.3) is 0 Å². The number of hydrogen-bond acceptors (Lipinski definition) is 4. The zero-order valence-corrected chi connectivity index (χ0v) is 10.1. The smallest absolute Gasteiger partial charge is 0.151 e. The Kier molecular flexibility index (Phi) is 5.02. The highest BCUT2D eigenvalue weighted by atomic mass is 32.2. The summed E-state index contributed by atoms with van der Waals surface area (Å²) in [6.45, 7) is 3.12. The highest BCUT2D eigenvalue weighted by Gasteiger charge is 2.27. The van der Waals surface area contributed by atoms with Crippen molar-refractivity contribution < 1.29 is 13.5 Å². The van der Waals surface area contributed by atoms with Crippen molar-refractivity contribution in [2.24, 2.45) is 5.92 Å². The molecule has 90 valence electrons. The van der Waals surface area contributed by atoms with Crippen molar-refractivity contribution in [2.75, 3.05) is 24.7 Å². The molecule has 2 atom stereocenters. The predicted molar refractivity (Wildman–Crippen MR) is 60.5 cm³/mol. The topological polar surface area (TPSA) is 66.4 Å². The third-order valence-electron chi connectivity index (χ3n) is 3.04. The largest absolute Gasteiger partial charge is 0.396 e. The molecule has 0 aromatic heterocycles. The third kappa shape index (κ3) is 4.49. The molecular formula is C10H21NO3S. The van der Waals surface area contributed by atoms with E-state index in [1.165, 1.54) is 0 Å². The van der Waals surface area contributed by atoms with E-state index in [0.29, 0.717) is 11.7 Å². The normalized spacial score (nSPS) is 26.7. The van der Waals surface area contributed by atoms with Crippen LogP contribution in [0.15, 0.2) is 0 Å². The molecule has 15 heavy (non-hydrogen) atoms. The van der Waals surface area contributed by atoms with Gasteiger partial charge in [-0.25, -0.2) is 8.42 Å². The molecule has 0 aromatic rings. The molecule has 1 saturated heterocycles. The molecule has 2 unspecified atom stereocenters. The van der Waals surface area contributed by atoms with Crippen LogP contribution >= 0.6 is 0 Å². The quantitative estimate of drug-likeness (QED) is 0.689. The molecule has 0 spiro atoms. The van der Waals surface area contributed by atoms with Crippen molar-refractivity contribution >= 4 is 9.84 Å². The Hall–Kier alpha value is -0.130. The first kappa shape index (κ1) is 12.9. The Labute approximate surface area is 92.0 Å². The van der Waals surface area contributed by atoms with Gasteiger partial charge in [0.2, 0.25) is 0 Å². The Morgan fingerprint density at radius 2 is 2.27 bits per heavy atom. The number of hydrogen-bond donors (Lipinski definition) is 2. The lowest BCUT2D eigenvalue weighted by atomic mass is 10.0. The van der Waals surface area contributed by atoms with Crippen LogP contribution < -0.4 is 5.32 Å². The Morgan fingerprint density at radius 1 is 1.53 bits per heavy atom. The molecule has 0 amide bonds. The van der Waals surface area contributed by atoms with Crippen molar-refractivity contribution in [1.82, 2.24) is 5.32 Å². The van der Waals surface area contributed by atoms with Gasteiger partial charge in [-0.15, -0.1) is 0 Å². The summed E-state index contributed by atoms with van der Waals surface area (Å²) >= 11 is 0. The first-order chi connectivity index (χ1) is 7.07. The molecule has 0 aromatic carbocycles. The second-order valence-corrected chi connectivity index (χ2v) is 6.52. The fourth-order valence-corrected chi connectivity index (χ4v) is 3.63. The van der Waals surface area contributed by atoms with E-state index in [1.807, 2.05) is 0 Å². The molecule has 1 aliphatic heterocycles. The van der Waals surface area contributed by atoms with Gasteiger partial charge in [0.15, 0.2) is 9.84 Å². The highest BCUT2D eigenvalue weighted by molar-refractivity contribution is 7.91. The molecular weight excluding hydrogens is 214 g/mol. The van der Waals surface area contributed by atoms with Crippen LogP contribution in [0.4, 0.5) is 0 Å². The average molecular weight is 235 g/mol. The SMILES string of the molecule is CCC(CCO)CNC1CCS(=O)(=O)C1. The van der Waals surface area contributed by atoms with Gasteiger partial charge in [-0.05, 0) is 25.3 Å². The minimum atomic E-state index is -2.77. The summed E-state index contributed by atoms with van der Waals surface area (Å²) in [5.41, 5.74) is 0. The number of aliphatic hydroxyl groups excluding tert-OH is 1. The van der Waals surface area contributed by atoms with Gasteiger partial charge >= 0.3 is 0 Å². The zero-order chi connectivity index (χ0) is 11.3. The number of rotatable bonds is 6. The molecule has 0 aliphatic carbocycles. The van der Waals surface area contributed by atoms with E-state index in [1.54, 1.807) is 0 Å². The summed E-state index contributed by atoms with van der Waals surface area (Å²) in [5.74, 6) is 1.06. The molecule has 0 saturated carbocycles. The molecule has 1 rings (SSSR count). The Morgan fingerprint density at radius 3 is 2.73 bits per heavy atom. The van der Waals surface area contributed by atoms with Crippen LogP contribution in [0, 0.1) is 5.92 Å². The Balaban J connectivity index is 2.25. The van der Waals surface area contributed by atoms with Crippen molar-refractivity contribution in [3.05, 3.63) is 0 Å². The highest BCUT2D eigenvalue weighted by Crippen LogP contribution is 2.13. The fraction of sp³-hybridized carbons (Fsp3) is 1.00. The lowest BCUT2D eigenvalue weighted by Crippen LogP contribution is -2.34. The van der Waals surface area contributed by atoms with E-state index in [-0.39, 0.29) is 18.4 Å². The maximum Gasteiger partial charge on any atom is 0.151 e. The average Bonchev–Trinajstić information content (AvgIpc) is 2.53. The maximum atomic E-state index is 11.2. The molecule has 0 bridgehead atoms. The van der Waals surface area contributed by atoms with Crippen LogP contribution in [-0.4, -0.2) is 44.2 Å². The van der Waals surface area contributed by atoms with Crippen molar-refractivity contribution in [3.8, 4) is 0 Å². The van der Waals surface area contributed by atoms with Crippen LogP contribution in [0.25, 0.3) is 0 Å². The maximum absolute atomic E-state index is 11.2. The minimum Gasteiger partial charge on any atom is -0.396 e. The first-order valence-electron chi connectivity index (χ1n) is 5.62. The first-order valence-corrected chi connectivity index (χ1v) is 7.44. The molecule has 4 nitrogen and oxygen atoms in total. The van der Waals surface area contributed by atoms with Crippen molar-refractivity contribution in [3.63, 3.8) is 0 Å². The van der Waals surface area contributed by atoms with E-state index < -0.39 is 9.84 Å². The zero-order valence-electron chi connectivity index (χ0n) is 9.28. The summed E-state index contributed by atoms with van der Waals surface area (Å²) in [5, 5.41) is 12.1. The van der Waals surface area contributed by atoms with Crippen LogP contribution in [-0.2, 0) is 9.84 Å². The molecule has 1 aliphatic rings. The summed E-state index contributed by atoms with van der Waals surface area (Å²) in [7, 11) is -2.77. The minimum absolute atomic E-state index is 0.128. The fourth-order valence-electron chi connectivity index (χ4n) is 1.92. The third-order valence-corrected chi connectivity index (χ3v) is 4.81. The summed E-state index contributed by atoms with van der Waals surface area (Å²) < 4.78 is 22.4. The van der Waals surface area contributed by atoms with Crippen LogP contribution in [0.5, 0.6) is 0 Å². The lowest BCUT2D eigenvalue weighted by molar-refractivity contribution is 0.249. The lowest BCUT2D eigenvalue weighted by Gasteiger charge is -2.17. The summed E-state index contributed by atoms with van der Waals surface area (Å²) in [4.78, 5) is 0. The van der Waals surface area contributed by atoms with Crippen LogP contribution in [0.1, 0.15) is 26.2 Å². The molecule has 0 radical (unpaired) electrons. The van der Waals surface area contributed by atoms with Gasteiger partial charge < -0.3 is 10.4 Å². The second kappa shape index (κ2) is 5.82. The molecule has 1 heterocycles. The van der Waals surface area contributed by atoms with Gasteiger partial charge in [-0.2, -0.15) is 0 Å². The second-order valence-electron chi connectivity index (χ2n) is 4.29. The van der Waals surface area contributed by atoms with Crippen LogP contribution in [0.3, 0.4) is 0 Å². The predicted octanol–water partition coefficient (Wildman–Crippen LogP) is 0.172. The van der Waals surface area contributed by atoms with Gasteiger partial charge in [-0.1, -0.05) is 13.3 Å². The van der Waals surface area contributed by atoms with E-state index in [9.17, 15) is 8.42 Å². The van der Waals surface area contributed by atoms with E-state index in [2.05, 4.69) is 12.2 Å². The van der Waals surface area contributed by atoms with Crippen molar-refractivity contribution in [1.29, 1.82) is 0 Å². The Bertz CT molecular complexity index is 276. The van der Waals surface area contributed by atoms with E-state index in [0.717, 1.165) is 25.8 Å². The number of nitrogens with one attached hydrogen (secondary N) is 1. The van der Waals surface area contributed by atoms with Gasteiger partial charge in [0.1, 0.15) is 0 Å². The van der Waals surface area contributed by atoms with Crippen LogP contribution in [0.2, 0.25) is 0 Å².